The lowest BCUT2D eigenvalue weighted by Crippen LogP contribution is -1.93. The number of furan rings is 1. The zero-order valence-corrected chi connectivity index (χ0v) is 30.6. The Morgan fingerprint density at radius 1 is 0.286 bits per heavy atom. The van der Waals surface area contributed by atoms with Crippen LogP contribution in [0.5, 0.6) is 0 Å². The molecule has 2 heteroatoms. The van der Waals surface area contributed by atoms with Crippen LogP contribution >= 0.6 is 0 Å². The van der Waals surface area contributed by atoms with E-state index in [9.17, 15) is 0 Å². The first kappa shape index (κ1) is 32.0. The highest BCUT2D eigenvalue weighted by Gasteiger charge is 2.17. The third-order valence-corrected chi connectivity index (χ3v) is 11.2. The Morgan fingerprint density at radius 2 is 0.786 bits per heavy atom. The van der Waals surface area contributed by atoms with Gasteiger partial charge in [-0.3, -0.25) is 0 Å². The summed E-state index contributed by atoms with van der Waals surface area (Å²) in [6.45, 7) is 0. The summed E-state index contributed by atoms with van der Waals surface area (Å²) in [6.07, 6.45) is 0. The zero-order valence-electron chi connectivity index (χ0n) is 30.6. The van der Waals surface area contributed by atoms with Crippen LogP contribution in [0.4, 0.5) is 0 Å². The second-order valence-electron chi connectivity index (χ2n) is 14.5. The fourth-order valence-electron chi connectivity index (χ4n) is 8.45. The fraction of sp³-hybridized carbons (Fsp3) is 0. The quantitative estimate of drug-likeness (QED) is 0.168. The van der Waals surface area contributed by atoms with Crippen molar-refractivity contribution in [1.29, 1.82) is 0 Å². The third kappa shape index (κ3) is 5.42. The fourth-order valence-corrected chi connectivity index (χ4v) is 8.45. The number of aromatic nitrogens is 1. The number of fused-ring (bicyclic) bond motifs is 6. The van der Waals surface area contributed by atoms with Crippen LogP contribution in [0.1, 0.15) is 0 Å². The van der Waals surface area contributed by atoms with Gasteiger partial charge in [0.1, 0.15) is 11.2 Å². The molecule has 2 heterocycles. The maximum atomic E-state index is 6.73. The molecule has 2 nitrogen and oxygen atoms in total. The van der Waals surface area contributed by atoms with Gasteiger partial charge in [-0.2, -0.15) is 0 Å². The Kier molecular flexibility index (Phi) is 7.53. The summed E-state index contributed by atoms with van der Waals surface area (Å²) in [4.78, 5) is 0. The van der Waals surface area contributed by atoms with Crippen molar-refractivity contribution in [2.24, 2.45) is 0 Å². The molecule has 9 aromatic carbocycles. The van der Waals surface area contributed by atoms with Gasteiger partial charge < -0.3 is 8.98 Å². The Balaban J connectivity index is 1.10. The minimum Gasteiger partial charge on any atom is -0.455 e. The van der Waals surface area contributed by atoms with Crippen molar-refractivity contribution < 1.29 is 4.42 Å². The lowest BCUT2D eigenvalue weighted by Gasteiger charge is -2.13. The molecule has 0 atom stereocenters. The van der Waals surface area contributed by atoms with Crippen LogP contribution in [0.2, 0.25) is 0 Å². The van der Waals surface area contributed by atoms with E-state index in [4.69, 9.17) is 4.42 Å². The van der Waals surface area contributed by atoms with Gasteiger partial charge in [-0.1, -0.05) is 152 Å². The molecular formula is C54H35NO. The minimum absolute atomic E-state index is 0.889. The van der Waals surface area contributed by atoms with Crippen LogP contribution in [-0.2, 0) is 0 Å². The number of para-hydroxylation sites is 3. The number of rotatable bonds is 6. The molecule has 262 valence electrons. The number of hydrogen-bond donors (Lipinski definition) is 0. The standard InChI is InChI=1S/C54H35NO/c1-4-13-36(14-5-1)38-23-25-39(26-24-38)42-31-43(41-27-29-52-49(34-41)47-19-10-11-22-51(47)55(52)45-17-8-3-9-18-45)33-44(32-42)46-20-12-21-48-50-35-40(37-15-6-2-7-16-37)28-30-53(50)56-54(46)48/h1-35H. The second kappa shape index (κ2) is 13.2. The molecule has 0 N–H and O–H groups in total. The average Bonchev–Trinajstić information content (AvgIpc) is 3.82. The molecule has 0 radical (unpaired) electrons. The molecule has 0 aliphatic carbocycles. The Morgan fingerprint density at radius 3 is 1.54 bits per heavy atom. The molecule has 56 heavy (non-hydrogen) atoms. The summed E-state index contributed by atoms with van der Waals surface area (Å²) in [6, 6.07) is 76.4. The van der Waals surface area contributed by atoms with E-state index in [2.05, 4.69) is 217 Å². The molecule has 0 aliphatic rings. The molecule has 0 fully saturated rings. The smallest absolute Gasteiger partial charge is 0.143 e. The zero-order chi connectivity index (χ0) is 37.0. The summed E-state index contributed by atoms with van der Waals surface area (Å²) in [5, 5.41) is 4.71. The molecule has 2 aromatic heterocycles. The molecule has 0 amide bonds. The van der Waals surface area contributed by atoms with Crippen LogP contribution in [0.3, 0.4) is 0 Å². The van der Waals surface area contributed by atoms with E-state index in [1.807, 2.05) is 0 Å². The van der Waals surface area contributed by atoms with Gasteiger partial charge in [-0.05, 0) is 111 Å². The predicted octanol–water partition coefficient (Wildman–Crippen LogP) is 15.0. The number of hydrogen-bond acceptors (Lipinski definition) is 1. The van der Waals surface area contributed by atoms with E-state index in [0.717, 1.165) is 49.9 Å². The minimum atomic E-state index is 0.889. The molecular weight excluding hydrogens is 679 g/mol. The summed E-state index contributed by atoms with van der Waals surface area (Å²) in [5.74, 6) is 0. The van der Waals surface area contributed by atoms with E-state index in [1.165, 1.54) is 55.2 Å². The van der Waals surface area contributed by atoms with Crippen molar-refractivity contribution in [3.8, 4) is 61.3 Å². The van der Waals surface area contributed by atoms with E-state index < -0.39 is 0 Å². The summed E-state index contributed by atoms with van der Waals surface area (Å²) >= 11 is 0. The molecule has 0 saturated heterocycles. The van der Waals surface area contributed by atoms with Gasteiger partial charge in [0.2, 0.25) is 0 Å². The SMILES string of the molecule is c1ccc(-c2ccc(-c3cc(-c4ccc5c(c4)c4ccccc4n5-c4ccccc4)cc(-c4cccc5c4oc4ccc(-c6ccccc6)cc45)c3)cc2)cc1. The first-order chi connectivity index (χ1) is 27.7. The summed E-state index contributed by atoms with van der Waals surface area (Å²) in [5.41, 5.74) is 17.0. The molecule has 0 bridgehead atoms. The monoisotopic (exact) mass is 713 g/mol. The third-order valence-electron chi connectivity index (χ3n) is 11.2. The van der Waals surface area contributed by atoms with Crippen LogP contribution in [0.15, 0.2) is 217 Å². The van der Waals surface area contributed by atoms with Crippen LogP contribution < -0.4 is 0 Å². The molecule has 11 rings (SSSR count). The Bertz CT molecular complexity index is 3210. The summed E-state index contributed by atoms with van der Waals surface area (Å²) < 4.78 is 9.10. The van der Waals surface area contributed by atoms with E-state index in [0.29, 0.717) is 0 Å². The topological polar surface area (TPSA) is 18.1 Å². The first-order valence-corrected chi connectivity index (χ1v) is 19.2. The average molecular weight is 714 g/mol. The number of nitrogens with zero attached hydrogens (tertiary/aromatic N) is 1. The highest BCUT2D eigenvalue weighted by atomic mass is 16.3. The van der Waals surface area contributed by atoms with E-state index in [1.54, 1.807) is 0 Å². The summed E-state index contributed by atoms with van der Waals surface area (Å²) in [7, 11) is 0. The second-order valence-corrected chi connectivity index (χ2v) is 14.5. The van der Waals surface area contributed by atoms with E-state index >= 15 is 0 Å². The van der Waals surface area contributed by atoms with Crippen molar-refractivity contribution in [2.75, 3.05) is 0 Å². The lowest BCUT2D eigenvalue weighted by atomic mass is 9.91. The Labute approximate surface area is 325 Å². The van der Waals surface area contributed by atoms with Crippen LogP contribution in [-0.4, -0.2) is 4.57 Å². The number of benzene rings is 9. The van der Waals surface area contributed by atoms with Gasteiger partial charge in [-0.15, -0.1) is 0 Å². The normalized spacial score (nSPS) is 11.6. The highest BCUT2D eigenvalue weighted by Crippen LogP contribution is 2.42. The van der Waals surface area contributed by atoms with Gasteiger partial charge in [-0.25, -0.2) is 0 Å². The van der Waals surface area contributed by atoms with Gasteiger partial charge in [0.15, 0.2) is 0 Å². The van der Waals surface area contributed by atoms with Gasteiger partial charge in [0, 0.05) is 32.8 Å². The van der Waals surface area contributed by atoms with Crippen molar-refractivity contribution in [1.82, 2.24) is 4.57 Å². The van der Waals surface area contributed by atoms with Gasteiger partial charge in [0.25, 0.3) is 0 Å². The van der Waals surface area contributed by atoms with Crippen LogP contribution in [0, 0.1) is 0 Å². The first-order valence-electron chi connectivity index (χ1n) is 19.2. The van der Waals surface area contributed by atoms with Crippen molar-refractivity contribution >= 4 is 43.7 Å². The van der Waals surface area contributed by atoms with Gasteiger partial charge in [0.05, 0.1) is 11.0 Å². The highest BCUT2D eigenvalue weighted by molar-refractivity contribution is 6.12. The maximum Gasteiger partial charge on any atom is 0.143 e. The lowest BCUT2D eigenvalue weighted by molar-refractivity contribution is 0.670. The van der Waals surface area contributed by atoms with E-state index in [-0.39, 0.29) is 0 Å². The maximum absolute atomic E-state index is 6.73. The molecule has 0 unspecified atom stereocenters. The molecule has 0 saturated carbocycles. The van der Waals surface area contributed by atoms with Gasteiger partial charge >= 0.3 is 0 Å². The molecule has 0 aliphatic heterocycles. The molecule has 0 spiro atoms. The van der Waals surface area contributed by atoms with Crippen molar-refractivity contribution in [2.45, 2.75) is 0 Å². The predicted molar refractivity (Wildman–Crippen MR) is 235 cm³/mol. The largest absolute Gasteiger partial charge is 0.455 e. The Hall–Kier alpha value is -7.42. The molecule has 11 aromatic rings. The van der Waals surface area contributed by atoms with Crippen LogP contribution in [0.25, 0.3) is 105 Å². The van der Waals surface area contributed by atoms with Crippen molar-refractivity contribution in [3.05, 3.63) is 212 Å². The van der Waals surface area contributed by atoms with Crippen molar-refractivity contribution in [3.63, 3.8) is 0 Å².